The summed E-state index contributed by atoms with van der Waals surface area (Å²) >= 11 is 0. The Bertz CT molecular complexity index is 649. The first kappa shape index (κ1) is 14.7. The Labute approximate surface area is 125 Å². The van der Waals surface area contributed by atoms with Gasteiger partial charge in [-0.2, -0.15) is 0 Å². The van der Waals surface area contributed by atoms with Crippen molar-refractivity contribution in [2.45, 2.75) is 0 Å². The first-order chi connectivity index (χ1) is 10.3. The van der Waals surface area contributed by atoms with E-state index in [0.717, 1.165) is 16.9 Å². The van der Waals surface area contributed by atoms with Crippen molar-refractivity contribution >= 4 is 0 Å². The van der Waals surface area contributed by atoms with E-state index in [0.29, 0.717) is 5.75 Å². The van der Waals surface area contributed by atoms with Crippen LogP contribution in [0.4, 0.5) is 0 Å². The molecular formula is C19H18O2. The Morgan fingerprint density at radius 1 is 0.667 bits per heavy atom. The van der Waals surface area contributed by atoms with E-state index in [4.69, 9.17) is 4.74 Å². The minimum Gasteiger partial charge on any atom is -0.507 e. The summed E-state index contributed by atoms with van der Waals surface area (Å²) in [5, 5.41) is 9.56. The van der Waals surface area contributed by atoms with Crippen LogP contribution in [-0.2, 0) is 0 Å². The Hall–Kier alpha value is -2.74. The number of aromatic hydroxyl groups is 1. The van der Waals surface area contributed by atoms with Crippen molar-refractivity contribution in [2.75, 3.05) is 7.11 Å². The number of rotatable bonds is 2. The number of methoxy groups -OCH3 is 1. The summed E-state index contributed by atoms with van der Waals surface area (Å²) in [5.74, 6) is 1.24. The second-order valence-electron chi connectivity index (χ2n) is 4.40. The number of ether oxygens (including phenoxy) is 1. The van der Waals surface area contributed by atoms with Crippen molar-refractivity contribution in [1.82, 2.24) is 0 Å². The summed E-state index contributed by atoms with van der Waals surface area (Å²) in [5.41, 5.74) is 1.92. The molecule has 0 aliphatic carbocycles. The van der Waals surface area contributed by atoms with Crippen LogP contribution >= 0.6 is 0 Å². The average Bonchev–Trinajstić information content (AvgIpc) is 2.57. The van der Waals surface area contributed by atoms with Crippen LogP contribution in [0.1, 0.15) is 0 Å². The average molecular weight is 278 g/mol. The third-order valence-electron chi connectivity index (χ3n) is 2.97. The van der Waals surface area contributed by atoms with Gasteiger partial charge in [0.1, 0.15) is 11.5 Å². The normalized spacial score (nSPS) is 9.38. The van der Waals surface area contributed by atoms with Gasteiger partial charge in [0.2, 0.25) is 0 Å². The maximum Gasteiger partial charge on any atom is 0.123 e. The second-order valence-corrected chi connectivity index (χ2v) is 4.40. The zero-order valence-corrected chi connectivity index (χ0v) is 11.9. The van der Waals surface area contributed by atoms with E-state index in [2.05, 4.69) is 0 Å². The molecule has 0 unspecified atom stereocenters. The zero-order chi connectivity index (χ0) is 14.9. The lowest BCUT2D eigenvalue weighted by atomic mass is 10.1. The van der Waals surface area contributed by atoms with Crippen LogP contribution in [0.3, 0.4) is 0 Å². The van der Waals surface area contributed by atoms with Gasteiger partial charge < -0.3 is 9.84 Å². The number of phenols is 1. The lowest BCUT2D eigenvalue weighted by molar-refractivity contribution is 0.415. The number of hydrogen-bond donors (Lipinski definition) is 1. The van der Waals surface area contributed by atoms with Crippen LogP contribution in [0.15, 0.2) is 84.9 Å². The fourth-order valence-electron chi connectivity index (χ4n) is 1.89. The third-order valence-corrected chi connectivity index (χ3v) is 2.97. The third kappa shape index (κ3) is 4.39. The first-order valence-electron chi connectivity index (χ1n) is 6.73. The predicted octanol–water partition coefficient (Wildman–Crippen LogP) is 4.75. The molecule has 2 nitrogen and oxygen atoms in total. The molecule has 0 heterocycles. The van der Waals surface area contributed by atoms with Gasteiger partial charge in [0, 0.05) is 5.56 Å². The van der Waals surface area contributed by atoms with E-state index in [1.54, 1.807) is 13.2 Å². The van der Waals surface area contributed by atoms with E-state index < -0.39 is 0 Å². The summed E-state index contributed by atoms with van der Waals surface area (Å²) in [6.07, 6.45) is 0. The summed E-state index contributed by atoms with van der Waals surface area (Å²) in [6, 6.07) is 26.9. The van der Waals surface area contributed by atoms with Gasteiger partial charge in [-0.15, -0.1) is 0 Å². The summed E-state index contributed by atoms with van der Waals surface area (Å²) in [4.78, 5) is 0. The molecule has 1 N–H and O–H groups in total. The molecule has 0 saturated carbocycles. The molecule has 0 amide bonds. The van der Waals surface area contributed by atoms with Crippen LogP contribution in [0.2, 0.25) is 0 Å². The van der Waals surface area contributed by atoms with Gasteiger partial charge >= 0.3 is 0 Å². The molecule has 0 bridgehead atoms. The van der Waals surface area contributed by atoms with Crippen LogP contribution in [0.5, 0.6) is 11.5 Å². The van der Waals surface area contributed by atoms with Gasteiger partial charge in [0.15, 0.2) is 0 Å². The van der Waals surface area contributed by atoms with Crippen molar-refractivity contribution in [1.29, 1.82) is 0 Å². The Kier molecular flexibility index (Phi) is 5.41. The van der Waals surface area contributed by atoms with E-state index >= 15 is 0 Å². The molecule has 2 heteroatoms. The quantitative estimate of drug-likeness (QED) is 0.732. The predicted molar refractivity (Wildman–Crippen MR) is 86.5 cm³/mol. The smallest absolute Gasteiger partial charge is 0.123 e. The van der Waals surface area contributed by atoms with Gasteiger partial charge in [0.25, 0.3) is 0 Å². The van der Waals surface area contributed by atoms with Crippen molar-refractivity contribution in [2.24, 2.45) is 0 Å². The highest BCUT2D eigenvalue weighted by atomic mass is 16.5. The Balaban J connectivity index is 0.000000173. The van der Waals surface area contributed by atoms with Crippen LogP contribution in [0.25, 0.3) is 11.1 Å². The lowest BCUT2D eigenvalue weighted by Crippen LogP contribution is -1.78. The molecule has 106 valence electrons. The summed E-state index contributed by atoms with van der Waals surface area (Å²) in [7, 11) is 1.66. The lowest BCUT2D eigenvalue weighted by Gasteiger charge is -2.02. The van der Waals surface area contributed by atoms with E-state index in [9.17, 15) is 5.11 Å². The highest BCUT2D eigenvalue weighted by molar-refractivity contribution is 5.69. The highest BCUT2D eigenvalue weighted by Gasteiger charge is 2.00. The monoisotopic (exact) mass is 278 g/mol. The van der Waals surface area contributed by atoms with Crippen molar-refractivity contribution in [3.05, 3.63) is 84.9 Å². The maximum absolute atomic E-state index is 9.56. The molecule has 0 aliphatic rings. The Morgan fingerprint density at radius 3 is 1.71 bits per heavy atom. The second kappa shape index (κ2) is 7.75. The highest BCUT2D eigenvalue weighted by Crippen LogP contribution is 2.27. The fourth-order valence-corrected chi connectivity index (χ4v) is 1.89. The number of phenolic OH excluding ortho intramolecular Hbond substituents is 1. The van der Waals surface area contributed by atoms with Crippen LogP contribution in [0, 0.1) is 0 Å². The summed E-state index contributed by atoms with van der Waals surface area (Å²) < 4.78 is 4.91. The Morgan fingerprint density at radius 2 is 1.19 bits per heavy atom. The molecule has 0 aromatic heterocycles. The topological polar surface area (TPSA) is 29.5 Å². The molecule has 3 aromatic rings. The van der Waals surface area contributed by atoms with Gasteiger partial charge in [0.05, 0.1) is 7.11 Å². The van der Waals surface area contributed by atoms with Gasteiger partial charge in [-0.3, -0.25) is 0 Å². The maximum atomic E-state index is 9.56. The molecular weight excluding hydrogens is 260 g/mol. The standard InChI is InChI=1S/C12H10O.C7H8O/c13-12-9-5-4-8-11(12)10-6-2-1-3-7-10;1-8-7-5-3-2-4-6-7/h1-9,13H;2-6H,1H3. The number of benzene rings is 3. The minimum atomic E-state index is 0.328. The molecule has 0 saturated heterocycles. The molecule has 0 fully saturated rings. The molecule has 0 atom stereocenters. The number of hydrogen-bond acceptors (Lipinski definition) is 2. The van der Waals surface area contributed by atoms with Crippen molar-refractivity contribution in [3.8, 4) is 22.6 Å². The summed E-state index contributed by atoms with van der Waals surface area (Å²) in [6.45, 7) is 0. The SMILES string of the molecule is COc1ccccc1.Oc1ccccc1-c1ccccc1. The molecule has 0 radical (unpaired) electrons. The molecule has 3 rings (SSSR count). The van der Waals surface area contributed by atoms with E-state index in [1.807, 2.05) is 78.9 Å². The first-order valence-corrected chi connectivity index (χ1v) is 6.73. The van der Waals surface area contributed by atoms with Crippen LogP contribution < -0.4 is 4.74 Å². The van der Waals surface area contributed by atoms with Crippen molar-refractivity contribution in [3.63, 3.8) is 0 Å². The van der Waals surface area contributed by atoms with Gasteiger partial charge in [-0.25, -0.2) is 0 Å². The number of para-hydroxylation sites is 2. The molecule has 21 heavy (non-hydrogen) atoms. The molecule has 0 spiro atoms. The van der Waals surface area contributed by atoms with Crippen molar-refractivity contribution < 1.29 is 9.84 Å². The van der Waals surface area contributed by atoms with E-state index in [-0.39, 0.29) is 0 Å². The van der Waals surface area contributed by atoms with Crippen LogP contribution in [-0.4, -0.2) is 12.2 Å². The molecule has 3 aromatic carbocycles. The zero-order valence-electron chi connectivity index (χ0n) is 11.9. The van der Waals surface area contributed by atoms with E-state index in [1.165, 1.54) is 0 Å². The van der Waals surface area contributed by atoms with Gasteiger partial charge in [-0.1, -0.05) is 66.7 Å². The fraction of sp³-hybridized carbons (Fsp3) is 0.0526. The van der Waals surface area contributed by atoms with Gasteiger partial charge in [-0.05, 0) is 23.8 Å². The largest absolute Gasteiger partial charge is 0.507 e. The minimum absolute atomic E-state index is 0.328. The molecule has 0 aliphatic heterocycles.